The van der Waals surface area contributed by atoms with Crippen LogP contribution >= 0.6 is 0 Å². The molecule has 5 heteroatoms. The van der Waals surface area contributed by atoms with E-state index in [1.807, 2.05) is 37.3 Å². The van der Waals surface area contributed by atoms with E-state index in [1.54, 1.807) is 7.11 Å². The zero-order valence-electron chi connectivity index (χ0n) is 11.9. The molecule has 20 heavy (non-hydrogen) atoms. The summed E-state index contributed by atoms with van der Waals surface area (Å²) in [6, 6.07) is 9.78. The number of nitrogens with one attached hydrogen (secondary N) is 1. The summed E-state index contributed by atoms with van der Waals surface area (Å²) in [6.07, 6.45) is 0.890. The molecule has 106 valence electrons. The van der Waals surface area contributed by atoms with Crippen molar-refractivity contribution in [3.8, 4) is 17.0 Å². The van der Waals surface area contributed by atoms with Crippen LogP contribution < -0.4 is 15.8 Å². The molecule has 1 heterocycles. The number of benzene rings is 1. The van der Waals surface area contributed by atoms with Crippen LogP contribution in [0.15, 0.2) is 30.3 Å². The van der Waals surface area contributed by atoms with Gasteiger partial charge in [0.25, 0.3) is 0 Å². The zero-order chi connectivity index (χ0) is 14.4. The Hall–Kier alpha value is -2.14. The van der Waals surface area contributed by atoms with Gasteiger partial charge in [-0.3, -0.25) is 0 Å². The van der Waals surface area contributed by atoms with Crippen molar-refractivity contribution < 1.29 is 4.74 Å². The van der Waals surface area contributed by atoms with Gasteiger partial charge in [-0.15, -0.1) is 0 Å². The Kier molecular flexibility index (Phi) is 4.90. The number of ether oxygens (including phenoxy) is 1. The highest BCUT2D eigenvalue weighted by molar-refractivity contribution is 5.68. The predicted octanol–water partition coefficient (Wildman–Crippen LogP) is 2.22. The van der Waals surface area contributed by atoms with E-state index in [0.29, 0.717) is 12.5 Å². The average Bonchev–Trinajstić information content (AvgIpc) is 2.47. The van der Waals surface area contributed by atoms with Gasteiger partial charge in [0.2, 0.25) is 5.95 Å². The molecule has 0 saturated carbocycles. The number of nitrogens with two attached hydrogens (primary N) is 1. The van der Waals surface area contributed by atoms with Crippen LogP contribution in [0.1, 0.15) is 12.1 Å². The van der Waals surface area contributed by atoms with Gasteiger partial charge in [0, 0.05) is 17.8 Å². The van der Waals surface area contributed by atoms with E-state index in [2.05, 4.69) is 15.3 Å². The number of hydrogen-bond acceptors (Lipinski definition) is 5. The maximum Gasteiger partial charge on any atom is 0.223 e. The lowest BCUT2D eigenvalue weighted by molar-refractivity contribution is 0.416. The minimum Gasteiger partial charge on any atom is -0.496 e. The minimum absolute atomic E-state index is 0.624. The molecule has 3 N–H and O–H groups in total. The standard InChI is InChI=1S/C15H20N4O/c1-11-10-13(12-6-3-4-7-14(12)20-2)19-15(18-11)17-9-5-8-16/h3-4,6-7,10H,5,8-9,16H2,1-2H3,(H,17,18,19). The van der Waals surface area contributed by atoms with Gasteiger partial charge in [0.1, 0.15) is 5.75 Å². The van der Waals surface area contributed by atoms with E-state index in [-0.39, 0.29) is 0 Å². The van der Waals surface area contributed by atoms with Crippen molar-refractivity contribution >= 4 is 5.95 Å². The summed E-state index contributed by atoms with van der Waals surface area (Å²) < 4.78 is 5.38. The summed E-state index contributed by atoms with van der Waals surface area (Å²) in [5.74, 6) is 1.43. The Morgan fingerprint density at radius 3 is 2.80 bits per heavy atom. The number of aryl methyl sites for hydroxylation is 1. The maximum atomic E-state index is 5.48. The van der Waals surface area contributed by atoms with Crippen molar-refractivity contribution in [2.24, 2.45) is 5.73 Å². The maximum absolute atomic E-state index is 5.48. The van der Waals surface area contributed by atoms with Crippen molar-refractivity contribution in [2.45, 2.75) is 13.3 Å². The quantitative estimate of drug-likeness (QED) is 0.789. The molecule has 1 aromatic heterocycles. The number of para-hydroxylation sites is 1. The lowest BCUT2D eigenvalue weighted by Gasteiger charge is -2.10. The third-order valence-electron chi connectivity index (χ3n) is 2.90. The summed E-state index contributed by atoms with van der Waals surface area (Å²) >= 11 is 0. The summed E-state index contributed by atoms with van der Waals surface area (Å²) in [5.41, 5.74) is 8.21. The molecule has 0 aliphatic carbocycles. The molecule has 0 fully saturated rings. The summed E-state index contributed by atoms with van der Waals surface area (Å²) in [5, 5.41) is 3.19. The van der Waals surface area contributed by atoms with E-state index < -0.39 is 0 Å². The Morgan fingerprint density at radius 2 is 2.05 bits per heavy atom. The largest absolute Gasteiger partial charge is 0.496 e. The molecule has 0 radical (unpaired) electrons. The van der Waals surface area contributed by atoms with E-state index in [0.717, 1.165) is 35.7 Å². The van der Waals surface area contributed by atoms with Gasteiger partial charge in [0.15, 0.2) is 0 Å². The molecule has 0 amide bonds. The predicted molar refractivity (Wildman–Crippen MR) is 80.9 cm³/mol. The van der Waals surface area contributed by atoms with Crippen LogP contribution in [0.2, 0.25) is 0 Å². The molecule has 0 aliphatic heterocycles. The normalized spacial score (nSPS) is 10.3. The number of methoxy groups -OCH3 is 1. The Morgan fingerprint density at radius 1 is 1.25 bits per heavy atom. The minimum atomic E-state index is 0.624. The van der Waals surface area contributed by atoms with Crippen LogP contribution in [0.3, 0.4) is 0 Å². The van der Waals surface area contributed by atoms with Gasteiger partial charge < -0.3 is 15.8 Å². The summed E-state index contributed by atoms with van der Waals surface area (Å²) in [6.45, 7) is 3.37. The topological polar surface area (TPSA) is 73.1 Å². The first-order valence-electron chi connectivity index (χ1n) is 6.67. The molecule has 0 atom stereocenters. The van der Waals surface area contributed by atoms with Gasteiger partial charge in [0.05, 0.1) is 12.8 Å². The zero-order valence-corrected chi connectivity index (χ0v) is 11.9. The third kappa shape index (κ3) is 3.45. The summed E-state index contributed by atoms with van der Waals surface area (Å²) in [4.78, 5) is 8.92. The van der Waals surface area contributed by atoms with Gasteiger partial charge in [-0.2, -0.15) is 0 Å². The van der Waals surface area contributed by atoms with Crippen molar-refractivity contribution in [1.29, 1.82) is 0 Å². The molecule has 0 unspecified atom stereocenters. The van der Waals surface area contributed by atoms with Crippen LogP contribution in [0, 0.1) is 6.92 Å². The SMILES string of the molecule is COc1ccccc1-c1cc(C)nc(NCCCN)n1. The van der Waals surface area contributed by atoms with E-state index in [9.17, 15) is 0 Å². The monoisotopic (exact) mass is 272 g/mol. The Balaban J connectivity index is 2.31. The molecular formula is C15H20N4O. The molecule has 0 aliphatic rings. The lowest BCUT2D eigenvalue weighted by Crippen LogP contribution is -2.11. The number of hydrogen-bond donors (Lipinski definition) is 2. The summed E-state index contributed by atoms with van der Waals surface area (Å²) in [7, 11) is 1.66. The molecular weight excluding hydrogens is 252 g/mol. The Bertz CT molecular complexity index is 572. The van der Waals surface area contributed by atoms with E-state index in [4.69, 9.17) is 10.5 Å². The van der Waals surface area contributed by atoms with Crippen LogP contribution in [0.5, 0.6) is 5.75 Å². The van der Waals surface area contributed by atoms with Crippen molar-refractivity contribution in [1.82, 2.24) is 9.97 Å². The molecule has 0 saturated heterocycles. The van der Waals surface area contributed by atoms with Crippen molar-refractivity contribution in [3.05, 3.63) is 36.0 Å². The van der Waals surface area contributed by atoms with Crippen LogP contribution in [-0.4, -0.2) is 30.2 Å². The second-order valence-corrected chi connectivity index (χ2v) is 4.49. The number of anilines is 1. The number of rotatable bonds is 6. The molecule has 0 bridgehead atoms. The molecule has 2 rings (SSSR count). The fourth-order valence-corrected chi connectivity index (χ4v) is 1.94. The van der Waals surface area contributed by atoms with Crippen LogP contribution in [0.4, 0.5) is 5.95 Å². The molecule has 1 aromatic carbocycles. The van der Waals surface area contributed by atoms with Crippen LogP contribution in [-0.2, 0) is 0 Å². The molecule has 0 spiro atoms. The van der Waals surface area contributed by atoms with Gasteiger partial charge in [-0.25, -0.2) is 9.97 Å². The lowest BCUT2D eigenvalue weighted by atomic mass is 10.1. The second-order valence-electron chi connectivity index (χ2n) is 4.49. The van der Waals surface area contributed by atoms with E-state index in [1.165, 1.54) is 0 Å². The van der Waals surface area contributed by atoms with E-state index >= 15 is 0 Å². The highest BCUT2D eigenvalue weighted by atomic mass is 16.5. The number of aromatic nitrogens is 2. The first kappa shape index (κ1) is 14.3. The smallest absolute Gasteiger partial charge is 0.223 e. The first-order valence-corrected chi connectivity index (χ1v) is 6.67. The number of nitrogens with zero attached hydrogens (tertiary/aromatic N) is 2. The second kappa shape index (κ2) is 6.86. The van der Waals surface area contributed by atoms with Gasteiger partial charge in [-0.05, 0) is 38.1 Å². The fraction of sp³-hybridized carbons (Fsp3) is 0.333. The highest BCUT2D eigenvalue weighted by Gasteiger charge is 2.09. The average molecular weight is 272 g/mol. The molecule has 2 aromatic rings. The first-order chi connectivity index (χ1) is 9.74. The van der Waals surface area contributed by atoms with Crippen LogP contribution in [0.25, 0.3) is 11.3 Å². The van der Waals surface area contributed by atoms with Gasteiger partial charge >= 0.3 is 0 Å². The van der Waals surface area contributed by atoms with Crippen molar-refractivity contribution in [2.75, 3.05) is 25.5 Å². The Labute approximate surface area is 119 Å². The highest BCUT2D eigenvalue weighted by Crippen LogP contribution is 2.28. The van der Waals surface area contributed by atoms with Gasteiger partial charge in [-0.1, -0.05) is 12.1 Å². The third-order valence-corrected chi connectivity index (χ3v) is 2.90. The fourth-order valence-electron chi connectivity index (χ4n) is 1.94. The molecule has 5 nitrogen and oxygen atoms in total. The van der Waals surface area contributed by atoms with Crippen molar-refractivity contribution in [3.63, 3.8) is 0 Å².